The molecule has 40 heavy (non-hydrogen) atoms. The molecule has 0 radical (unpaired) electrons. The van der Waals surface area contributed by atoms with E-state index in [0.29, 0.717) is 23.4 Å². The number of allylic oxidation sites excluding steroid dienone is 1. The number of hydrogen-bond acceptors (Lipinski definition) is 9. The number of aliphatic hydroxyl groups excluding tert-OH is 2. The highest BCUT2D eigenvalue weighted by molar-refractivity contribution is 7.53. The molecule has 0 spiro atoms. The van der Waals surface area contributed by atoms with Crippen LogP contribution in [-0.4, -0.2) is 77.3 Å². The van der Waals surface area contributed by atoms with Crippen LogP contribution in [0, 0.1) is 0 Å². The van der Waals surface area contributed by atoms with Gasteiger partial charge in [0.05, 0.1) is 19.4 Å². The average molecular weight is 581 g/mol. The van der Waals surface area contributed by atoms with E-state index in [2.05, 4.69) is 22.5 Å². The number of aliphatic hydroxyl groups is 2. The Morgan fingerprint density at radius 1 is 1.15 bits per heavy atom. The zero-order valence-corrected chi connectivity index (χ0v) is 23.7. The lowest BCUT2D eigenvalue weighted by Gasteiger charge is -2.31. The number of amides is 4. The molecule has 13 nitrogen and oxygen atoms in total. The minimum atomic E-state index is -3.23. The lowest BCUT2D eigenvalue weighted by molar-refractivity contribution is -0.138. The quantitative estimate of drug-likeness (QED) is 0.173. The summed E-state index contributed by atoms with van der Waals surface area (Å²) in [6, 6.07) is 6.23. The second kappa shape index (κ2) is 14.0. The van der Waals surface area contributed by atoms with E-state index in [1.54, 1.807) is 45.0 Å². The molecule has 1 aromatic carbocycles. The number of urea groups is 1. The number of hydrogen-bond donors (Lipinski definition) is 5. The fraction of sp³-hybridized carbons (Fsp3) is 0.500. The van der Waals surface area contributed by atoms with Crippen molar-refractivity contribution in [1.82, 2.24) is 15.5 Å². The van der Waals surface area contributed by atoms with Gasteiger partial charge in [0.1, 0.15) is 12.2 Å². The molecular formula is C26H37N4O9P. The highest BCUT2D eigenvalue weighted by atomic mass is 31.2. The highest BCUT2D eigenvalue weighted by Gasteiger charge is 2.50. The number of benzene rings is 1. The van der Waals surface area contributed by atoms with E-state index >= 15 is 0 Å². The van der Waals surface area contributed by atoms with Crippen LogP contribution in [0.5, 0.6) is 0 Å². The lowest BCUT2D eigenvalue weighted by atomic mass is 10.1. The summed E-state index contributed by atoms with van der Waals surface area (Å²) in [5.74, 6) is -0.951. The van der Waals surface area contributed by atoms with Gasteiger partial charge in [-0.1, -0.05) is 18.7 Å². The summed E-state index contributed by atoms with van der Waals surface area (Å²) in [6.07, 6.45) is -3.79. The van der Waals surface area contributed by atoms with Gasteiger partial charge in [-0.25, -0.2) is 4.79 Å². The molecule has 0 aromatic heterocycles. The van der Waals surface area contributed by atoms with Crippen LogP contribution in [0.4, 0.5) is 10.5 Å². The zero-order chi connectivity index (χ0) is 29.4. The Labute approximate surface area is 233 Å². The number of carbonyl (C=O) groups excluding carboxylic acids is 3. The molecule has 2 aliphatic heterocycles. The molecule has 2 heterocycles. The Balaban J connectivity index is 1.43. The first-order chi connectivity index (χ1) is 19.0. The van der Waals surface area contributed by atoms with Gasteiger partial charge in [-0.05, 0) is 50.5 Å². The third-order valence-corrected chi connectivity index (χ3v) is 8.27. The van der Waals surface area contributed by atoms with Gasteiger partial charge in [-0.3, -0.25) is 19.1 Å². The molecule has 1 saturated heterocycles. The van der Waals surface area contributed by atoms with E-state index in [0.717, 1.165) is 10.5 Å². The molecule has 5 N–H and O–H groups in total. The molecule has 0 saturated carbocycles. The van der Waals surface area contributed by atoms with Gasteiger partial charge in [0.15, 0.2) is 12.3 Å². The molecule has 4 amide bonds. The minimum Gasteiger partial charge on any atom is -0.387 e. The third kappa shape index (κ3) is 8.00. The zero-order valence-electron chi connectivity index (χ0n) is 22.8. The molecule has 220 valence electrons. The number of ether oxygens (including phenoxy) is 1. The summed E-state index contributed by atoms with van der Waals surface area (Å²) >= 11 is 0. The van der Waals surface area contributed by atoms with Crippen molar-refractivity contribution >= 4 is 31.1 Å². The van der Waals surface area contributed by atoms with E-state index in [-0.39, 0.29) is 38.2 Å². The maximum atomic E-state index is 12.7. The van der Waals surface area contributed by atoms with Crippen LogP contribution in [0.25, 0.3) is 0 Å². The van der Waals surface area contributed by atoms with Crippen molar-refractivity contribution in [3.63, 3.8) is 0 Å². The maximum absolute atomic E-state index is 12.7. The van der Waals surface area contributed by atoms with E-state index in [9.17, 15) is 29.2 Å². The summed E-state index contributed by atoms with van der Waals surface area (Å²) in [7, 11) is -3.23. The van der Waals surface area contributed by atoms with Crippen LogP contribution in [0.3, 0.4) is 0 Å². The van der Waals surface area contributed by atoms with Crippen LogP contribution in [0.15, 0.2) is 48.3 Å². The summed E-state index contributed by atoms with van der Waals surface area (Å²) in [6.45, 7) is 9.55. The lowest BCUT2D eigenvalue weighted by Crippen LogP contribution is -2.50. The van der Waals surface area contributed by atoms with Gasteiger partial charge < -0.3 is 39.9 Å². The van der Waals surface area contributed by atoms with Crippen LogP contribution in [0.1, 0.15) is 39.2 Å². The SMILES string of the molecule is C=C1NC(=O)N([C@@H]2O[C@H](C(=O)NCCCC(=O)Nc3ccc(CP(=O)(OCC)OCC)cc3)[C@@H](O)[C@H]2O)C=C1C. The second-order valence-electron chi connectivity index (χ2n) is 9.30. The van der Waals surface area contributed by atoms with Crippen molar-refractivity contribution in [3.8, 4) is 0 Å². The normalized spacial score (nSPS) is 23.0. The summed E-state index contributed by atoms with van der Waals surface area (Å²) in [5, 5.41) is 28.6. The summed E-state index contributed by atoms with van der Waals surface area (Å²) < 4.78 is 28.8. The number of carbonyl (C=O) groups is 3. The van der Waals surface area contributed by atoms with E-state index in [4.69, 9.17) is 13.8 Å². The first kappa shape index (κ1) is 31.5. The molecule has 1 aromatic rings. The monoisotopic (exact) mass is 580 g/mol. The first-order valence-corrected chi connectivity index (χ1v) is 14.7. The number of rotatable bonds is 13. The third-order valence-electron chi connectivity index (χ3n) is 6.22. The maximum Gasteiger partial charge on any atom is 0.335 e. The van der Waals surface area contributed by atoms with Gasteiger partial charge in [0.25, 0.3) is 5.91 Å². The molecule has 3 rings (SSSR count). The first-order valence-electron chi connectivity index (χ1n) is 13.0. The minimum absolute atomic E-state index is 0.104. The van der Waals surface area contributed by atoms with Crippen LogP contribution in [-0.2, 0) is 34.1 Å². The van der Waals surface area contributed by atoms with Crippen molar-refractivity contribution in [3.05, 3.63) is 53.9 Å². The molecule has 0 unspecified atom stereocenters. The second-order valence-corrected chi connectivity index (χ2v) is 11.4. The van der Waals surface area contributed by atoms with Crippen LogP contribution >= 0.6 is 7.60 Å². The van der Waals surface area contributed by atoms with E-state index in [1.165, 1.54) is 6.20 Å². The van der Waals surface area contributed by atoms with Gasteiger partial charge in [-0.2, -0.15) is 0 Å². The topological polar surface area (TPSA) is 176 Å². The predicted molar refractivity (Wildman–Crippen MR) is 146 cm³/mol. The summed E-state index contributed by atoms with van der Waals surface area (Å²) in [5.41, 5.74) is 2.32. The van der Waals surface area contributed by atoms with Crippen molar-refractivity contribution in [1.29, 1.82) is 0 Å². The Morgan fingerprint density at radius 3 is 2.42 bits per heavy atom. The molecule has 1 fully saturated rings. The van der Waals surface area contributed by atoms with Crippen LogP contribution < -0.4 is 16.0 Å². The van der Waals surface area contributed by atoms with Crippen molar-refractivity contribution < 1.29 is 42.9 Å². The summed E-state index contributed by atoms with van der Waals surface area (Å²) in [4.78, 5) is 38.2. The van der Waals surface area contributed by atoms with Gasteiger partial charge >= 0.3 is 13.6 Å². The molecule has 2 aliphatic rings. The largest absolute Gasteiger partial charge is 0.387 e. The van der Waals surface area contributed by atoms with Crippen molar-refractivity contribution in [2.24, 2.45) is 0 Å². The van der Waals surface area contributed by atoms with E-state index < -0.39 is 44.1 Å². The van der Waals surface area contributed by atoms with Crippen molar-refractivity contribution in [2.75, 3.05) is 25.1 Å². The number of nitrogens with one attached hydrogen (secondary N) is 3. The number of nitrogens with zero attached hydrogens (tertiary/aromatic N) is 1. The molecule has 0 aliphatic carbocycles. The van der Waals surface area contributed by atoms with Gasteiger partial charge in [0.2, 0.25) is 5.91 Å². The fourth-order valence-corrected chi connectivity index (χ4v) is 5.86. The Kier molecular flexibility index (Phi) is 11.0. The predicted octanol–water partition coefficient (Wildman–Crippen LogP) is 2.18. The smallest absolute Gasteiger partial charge is 0.335 e. The van der Waals surface area contributed by atoms with Crippen molar-refractivity contribution in [2.45, 2.75) is 64.3 Å². The molecule has 4 atom stereocenters. The van der Waals surface area contributed by atoms with E-state index in [1.807, 2.05) is 0 Å². The van der Waals surface area contributed by atoms with Gasteiger partial charge in [-0.15, -0.1) is 0 Å². The Morgan fingerprint density at radius 2 is 1.80 bits per heavy atom. The average Bonchev–Trinajstić information content (AvgIpc) is 3.19. The Hall–Kier alpha value is -3.06. The number of anilines is 1. The molecule has 0 bridgehead atoms. The molecule has 14 heteroatoms. The van der Waals surface area contributed by atoms with Gasteiger partial charge in [0, 0.05) is 30.5 Å². The highest BCUT2D eigenvalue weighted by Crippen LogP contribution is 2.51. The standard InChI is InChI=1S/C26H37N4O9P/c1-5-37-40(36,38-6-2)15-18-9-11-19(12-10-18)29-20(31)8-7-13-27-24(34)23-21(32)22(33)25(39-23)30-14-16(3)17(4)28-26(30)35/h9-12,14,21-23,25,32-33H,4-8,13,15H2,1-3H3,(H,27,34)(H,28,35)(H,29,31)/t21-,22+,23-,25+/m0/s1. The molecular weight excluding hydrogens is 543 g/mol. The Bertz CT molecular complexity index is 1160. The van der Waals surface area contributed by atoms with Crippen LogP contribution in [0.2, 0.25) is 0 Å². The fourth-order valence-electron chi connectivity index (χ4n) is 4.16.